The molecule has 0 amide bonds. The van der Waals surface area contributed by atoms with E-state index in [9.17, 15) is 15.2 Å². The molecule has 1 aliphatic rings. The zero-order chi connectivity index (χ0) is 15.7. The first kappa shape index (κ1) is 15.1. The van der Waals surface area contributed by atoms with E-state index in [-0.39, 0.29) is 12.2 Å². The SMILES string of the molecule is O=[N+]([O-])c1cnc2cc(Br)cnc2c1NCC1(O)CCCC1. The van der Waals surface area contributed by atoms with Crippen LogP contribution in [0.1, 0.15) is 25.7 Å². The molecular weight excluding hydrogens is 352 g/mol. The van der Waals surface area contributed by atoms with E-state index in [1.165, 1.54) is 6.20 Å². The molecule has 7 nitrogen and oxygen atoms in total. The second kappa shape index (κ2) is 5.77. The van der Waals surface area contributed by atoms with Crippen LogP contribution in [0.25, 0.3) is 11.0 Å². The lowest BCUT2D eigenvalue weighted by Crippen LogP contribution is -2.33. The molecule has 0 bridgehead atoms. The molecule has 0 radical (unpaired) electrons. The lowest BCUT2D eigenvalue weighted by atomic mass is 10.0. The van der Waals surface area contributed by atoms with E-state index in [1.54, 1.807) is 12.3 Å². The van der Waals surface area contributed by atoms with Crippen molar-refractivity contribution in [2.45, 2.75) is 31.3 Å². The van der Waals surface area contributed by atoms with Crippen molar-refractivity contribution in [3.63, 3.8) is 0 Å². The van der Waals surface area contributed by atoms with E-state index in [2.05, 4.69) is 31.2 Å². The number of aliphatic hydroxyl groups is 1. The molecule has 1 aliphatic carbocycles. The van der Waals surface area contributed by atoms with E-state index in [1.807, 2.05) is 0 Å². The van der Waals surface area contributed by atoms with Gasteiger partial charge in [-0.1, -0.05) is 12.8 Å². The third-order valence-corrected chi connectivity index (χ3v) is 4.41. The minimum absolute atomic E-state index is 0.135. The van der Waals surface area contributed by atoms with Crippen LogP contribution < -0.4 is 5.32 Å². The quantitative estimate of drug-likeness (QED) is 0.636. The molecule has 3 rings (SSSR count). The number of fused-ring (bicyclic) bond motifs is 1. The predicted octanol–water partition coefficient (Wildman–Crippen LogP) is 3.02. The summed E-state index contributed by atoms with van der Waals surface area (Å²) < 4.78 is 0.752. The number of nitrogens with one attached hydrogen (secondary N) is 1. The molecule has 2 heterocycles. The Balaban J connectivity index is 2.00. The maximum absolute atomic E-state index is 11.2. The van der Waals surface area contributed by atoms with Crippen molar-refractivity contribution >= 4 is 38.3 Å². The summed E-state index contributed by atoms with van der Waals surface area (Å²) in [7, 11) is 0. The summed E-state index contributed by atoms with van der Waals surface area (Å²) in [5.41, 5.74) is 0.352. The van der Waals surface area contributed by atoms with Crippen molar-refractivity contribution in [2.24, 2.45) is 0 Å². The fourth-order valence-corrected chi connectivity index (χ4v) is 3.13. The van der Waals surface area contributed by atoms with Crippen molar-refractivity contribution < 1.29 is 10.0 Å². The van der Waals surface area contributed by atoms with Gasteiger partial charge in [-0.2, -0.15) is 0 Å². The minimum Gasteiger partial charge on any atom is -0.388 e. The normalized spacial score (nSPS) is 16.8. The van der Waals surface area contributed by atoms with E-state index in [0.29, 0.717) is 29.6 Å². The van der Waals surface area contributed by atoms with Crippen LogP contribution in [-0.2, 0) is 0 Å². The Morgan fingerprint density at radius 3 is 2.77 bits per heavy atom. The molecule has 116 valence electrons. The molecule has 2 aromatic rings. The third-order valence-electron chi connectivity index (χ3n) is 3.98. The highest BCUT2D eigenvalue weighted by Crippen LogP contribution is 2.34. The maximum Gasteiger partial charge on any atom is 0.312 e. The molecule has 2 aromatic heterocycles. The van der Waals surface area contributed by atoms with Gasteiger partial charge < -0.3 is 10.4 Å². The topological polar surface area (TPSA) is 101 Å². The fourth-order valence-electron chi connectivity index (χ4n) is 2.81. The zero-order valence-electron chi connectivity index (χ0n) is 11.8. The molecule has 2 N–H and O–H groups in total. The summed E-state index contributed by atoms with van der Waals surface area (Å²) in [6.45, 7) is 0.269. The summed E-state index contributed by atoms with van der Waals surface area (Å²) >= 11 is 3.31. The summed E-state index contributed by atoms with van der Waals surface area (Å²) in [5.74, 6) is 0. The van der Waals surface area contributed by atoms with Gasteiger partial charge in [0.15, 0.2) is 0 Å². The van der Waals surface area contributed by atoms with Gasteiger partial charge in [0.1, 0.15) is 17.4 Å². The molecule has 0 aromatic carbocycles. The van der Waals surface area contributed by atoms with Crippen LogP contribution in [0.15, 0.2) is 22.9 Å². The van der Waals surface area contributed by atoms with Gasteiger partial charge in [0.2, 0.25) is 0 Å². The van der Waals surface area contributed by atoms with Crippen LogP contribution in [0.4, 0.5) is 11.4 Å². The van der Waals surface area contributed by atoms with Gasteiger partial charge in [0.25, 0.3) is 0 Å². The lowest BCUT2D eigenvalue weighted by molar-refractivity contribution is -0.384. The molecule has 0 aliphatic heterocycles. The Kier molecular flexibility index (Phi) is 3.96. The van der Waals surface area contributed by atoms with Gasteiger partial charge in [-0.25, -0.2) is 4.98 Å². The molecule has 8 heteroatoms. The number of rotatable bonds is 4. The van der Waals surface area contributed by atoms with Gasteiger partial charge in [0.05, 0.1) is 16.0 Å². The summed E-state index contributed by atoms with van der Waals surface area (Å²) in [5, 5.41) is 24.7. The zero-order valence-corrected chi connectivity index (χ0v) is 13.3. The minimum atomic E-state index is -0.807. The summed E-state index contributed by atoms with van der Waals surface area (Å²) in [4.78, 5) is 19.1. The highest BCUT2D eigenvalue weighted by molar-refractivity contribution is 9.10. The first-order valence-corrected chi connectivity index (χ1v) is 7.83. The summed E-state index contributed by atoms with van der Waals surface area (Å²) in [6.07, 6.45) is 6.15. The number of hydrogen-bond donors (Lipinski definition) is 2. The van der Waals surface area contributed by atoms with Crippen molar-refractivity contribution in [2.75, 3.05) is 11.9 Å². The molecule has 1 saturated carbocycles. The standard InChI is InChI=1S/C14H15BrN4O3/c15-9-5-10-12(17-6-9)13(11(7-16-10)19(21)22)18-8-14(20)3-1-2-4-14/h5-7,20H,1-4,8H2,(H,16,18). The van der Waals surface area contributed by atoms with Gasteiger partial charge >= 0.3 is 5.69 Å². The van der Waals surface area contributed by atoms with Crippen molar-refractivity contribution in [3.05, 3.63) is 33.0 Å². The lowest BCUT2D eigenvalue weighted by Gasteiger charge is -2.23. The maximum atomic E-state index is 11.2. The molecule has 1 fully saturated rings. The Hall–Kier alpha value is -1.80. The van der Waals surface area contributed by atoms with Crippen LogP contribution in [0, 0.1) is 10.1 Å². The van der Waals surface area contributed by atoms with Crippen LogP contribution in [0.3, 0.4) is 0 Å². The average Bonchev–Trinajstić information content (AvgIpc) is 2.91. The number of nitrogens with zero attached hydrogens (tertiary/aromatic N) is 3. The Morgan fingerprint density at radius 1 is 1.36 bits per heavy atom. The Bertz CT molecular complexity index is 731. The van der Waals surface area contributed by atoms with Crippen LogP contribution in [0.5, 0.6) is 0 Å². The van der Waals surface area contributed by atoms with E-state index >= 15 is 0 Å². The molecule has 0 saturated heterocycles. The average molecular weight is 367 g/mol. The number of aromatic nitrogens is 2. The van der Waals surface area contributed by atoms with Crippen LogP contribution in [-0.4, -0.2) is 32.1 Å². The van der Waals surface area contributed by atoms with Gasteiger partial charge in [0, 0.05) is 17.2 Å². The fraction of sp³-hybridized carbons (Fsp3) is 0.429. The number of nitro groups is 1. The van der Waals surface area contributed by atoms with Gasteiger partial charge in [-0.15, -0.1) is 0 Å². The molecular formula is C14H15BrN4O3. The number of hydrogen-bond acceptors (Lipinski definition) is 6. The van der Waals surface area contributed by atoms with Gasteiger partial charge in [-0.05, 0) is 34.8 Å². The molecule has 0 atom stereocenters. The van der Waals surface area contributed by atoms with E-state index in [4.69, 9.17) is 0 Å². The first-order chi connectivity index (χ1) is 10.5. The van der Waals surface area contributed by atoms with Crippen molar-refractivity contribution in [3.8, 4) is 0 Å². The van der Waals surface area contributed by atoms with Gasteiger partial charge in [-0.3, -0.25) is 15.1 Å². The smallest absolute Gasteiger partial charge is 0.312 e. The van der Waals surface area contributed by atoms with E-state index < -0.39 is 10.5 Å². The molecule has 0 spiro atoms. The highest BCUT2D eigenvalue weighted by atomic mass is 79.9. The Labute approximate surface area is 135 Å². The second-order valence-corrected chi connectivity index (χ2v) is 6.50. The van der Waals surface area contributed by atoms with Crippen LogP contribution in [0.2, 0.25) is 0 Å². The molecule has 22 heavy (non-hydrogen) atoms. The third kappa shape index (κ3) is 2.89. The number of halogens is 1. The first-order valence-electron chi connectivity index (χ1n) is 7.03. The van der Waals surface area contributed by atoms with Crippen LogP contribution >= 0.6 is 15.9 Å². The summed E-state index contributed by atoms with van der Waals surface area (Å²) in [6, 6.07) is 1.75. The number of pyridine rings is 2. The van der Waals surface area contributed by atoms with Crippen molar-refractivity contribution in [1.82, 2.24) is 9.97 Å². The predicted molar refractivity (Wildman–Crippen MR) is 85.8 cm³/mol. The second-order valence-electron chi connectivity index (χ2n) is 5.58. The van der Waals surface area contributed by atoms with Crippen molar-refractivity contribution in [1.29, 1.82) is 0 Å². The monoisotopic (exact) mass is 366 g/mol. The van der Waals surface area contributed by atoms with E-state index in [0.717, 1.165) is 17.3 Å². The number of anilines is 1. The molecule has 0 unspecified atom stereocenters. The largest absolute Gasteiger partial charge is 0.388 e. The Morgan fingerprint density at radius 2 is 2.09 bits per heavy atom. The highest BCUT2D eigenvalue weighted by Gasteiger charge is 2.32.